The molecule has 8 heteroatoms. The first-order valence-electron chi connectivity index (χ1n) is 10.8. The first-order chi connectivity index (χ1) is 14.5. The van der Waals surface area contributed by atoms with E-state index in [0.717, 1.165) is 61.4 Å². The van der Waals surface area contributed by atoms with Crippen LogP contribution >= 0.6 is 0 Å². The molecule has 30 heavy (non-hydrogen) atoms. The van der Waals surface area contributed by atoms with E-state index in [9.17, 15) is 19.2 Å². The van der Waals surface area contributed by atoms with Gasteiger partial charge in [-0.2, -0.15) is 0 Å². The van der Waals surface area contributed by atoms with Gasteiger partial charge in [-0.3, -0.25) is 29.4 Å². The summed E-state index contributed by atoms with van der Waals surface area (Å²) >= 11 is 0. The quantitative estimate of drug-likeness (QED) is 0.716. The van der Waals surface area contributed by atoms with Gasteiger partial charge in [0.05, 0.1) is 11.1 Å². The number of amides is 4. The van der Waals surface area contributed by atoms with E-state index in [1.54, 1.807) is 12.1 Å². The van der Waals surface area contributed by atoms with Gasteiger partial charge in [-0.05, 0) is 68.8 Å². The standard InChI is InChI=1S/C22H26N4O4/c27-19-4-3-18(20(28)24-19)26-21(29)16-2-1-15(10-17(16)22(26)30)25-7-5-13(6-8-25)9-14-11-23-12-14/h1-2,10,13-14,18,23H,3-9,11-12H2,(H,24,27,28). The van der Waals surface area contributed by atoms with Crippen molar-refractivity contribution in [1.29, 1.82) is 0 Å². The van der Waals surface area contributed by atoms with Crippen molar-refractivity contribution >= 4 is 29.3 Å². The van der Waals surface area contributed by atoms with Gasteiger partial charge in [-0.1, -0.05) is 0 Å². The summed E-state index contributed by atoms with van der Waals surface area (Å²) in [6.45, 7) is 4.18. The highest BCUT2D eigenvalue weighted by Crippen LogP contribution is 2.33. The molecule has 0 spiro atoms. The van der Waals surface area contributed by atoms with Gasteiger partial charge >= 0.3 is 0 Å². The Labute approximate surface area is 175 Å². The Balaban J connectivity index is 1.29. The normalized spacial score (nSPS) is 25.4. The smallest absolute Gasteiger partial charge is 0.262 e. The maximum absolute atomic E-state index is 13.0. The molecule has 0 aromatic heterocycles. The Morgan fingerprint density at radius 3 is 2.30 bits per heavy atom. The third kappa shape index (κ3) is 3.29. The fraction of sp³-hybridized carbons (Fsp3) is 0.545. The molecule has 8 nitrogen and oxygen atoms in total. The number of anilines is 1. The minimum absolute atomic E-state index is 0.126. The number of imide groups is 2. The molecule has 3 saturated heterocycles. The van der Waals surface area contributed by atoms with Crippen LogP contribution in [0.4, 0.5) is 5.69 Å². The van der Waals surface area contributed by atoms with Gasteiger partial charge in [0.1, 0.15) is 6.04 Å². The lowest BCUT2D eigenvalue weighted by Crippen LogP contribution is -2.54. The second kappa shape index (κ2) is 7.50. The predicted molar refractivity (Wildman–Crippen MR) is 109 cm³/mol. The lowest BCUT2D eigenvalue weighted by Gasteiger charge is -2.37. The van der Waals surface area contributed by atoms with Crippen LogP contribution in [0.2, 0.25) is 0 Å². The molecule has 4 aliphatic rings. The molecule has 0 bridgehead atoms. The molecule has 0 radical (unpaired) electrons. The Morgan fingerprint density at radius 2 is 1.63 bits per heavy atom. The SMILES string of the molecule is O=C1CCC(N2C(=O)c3ccc(N4CCC(CC5CNC5)CC4)cc3C2=O)C(=O)N1. The number of benzene rings is 1. The maximum atomic E-state index is 13.0. The monoisotopic (exact) mass is 410 g/mol. The van der Waals surface area contributed by atoms with E-state index in [-0.39, 0.29) is 18.7 Å². The number of hydrogen-bond donors (Lipinski definition) is 2. The van der Waals surface area contributed by atoms with Crippen molar-refractivity contribution in [1.82, 2.24) is 15.5 Å². The van der Waals surface area contributed by atoms with Crippen LogP contribution < -0.4 is 15.5 Å². The van der Waals surface area contributed by atoms with E-state index >= 15 is 0 Å². The minimum Gasteiger partial charge on any atom is -0.371 e. The molecule has 1 aromatic carbocycles. The zero-order chi connectivity index (χ0) is 20.8. The zero-order valence-corrected chi connectivity index (χ0v) is 16.9. The van der Waals surface area contributed by atoms with Crippen LogP contribution in [-0.2, 0) is 9.59 Å². The van der Waals surface area contributed by atoms with Crippen molar-refractivity contribution < 1.29 is 19.2 Å². The highest BCUT2D eigenvalue weighted by Gasteiger charge is 2.44. The van der Waals surface area contributed by atoms with Crippen LogP contribution in [0.25, 0.3) is 0 Å². The molecule has 158 valence electrons. The molecule has 1 unspecified atom stereocenters. The lowest BCUT2D eigenvalue weighted by atomic mass is 9.84. The molecular formula is C22H26N4O4. The van der Waals surface area contributed by atoms with E-state index in [1.165, 1.54) is 6.42 Å². The highest BCUT2D eigenvalue weighted by atomic mass is 16.2. The average Bonchev–Trinajstić information content (AvgIpc) is 2.96. The topological polar surface area (TPSA) is 98.8 Å². The van der Waals surface area contributed by atoms with Gasteiger partial charge in [-0.25, -0.2) is 0 Å². The molecule has 3 fully saturated rings. The Morgan fingerprint density at radius 1 is 0.900 bits per heavy atom. The van der Waals surface area contributed by atoms with E-state index in [1.807, 2.05) is 6.07 Å². The average molecular weight is 410 g/mol. The van der Waals surface area contributed by atoms with Gasteiger partial charge in [0.25, 0.3) is 11.8 Å². The molecule has 1 atom stereocenters. The second-order valence-electron chi connectivity index (χ2n) is 8.87. The number of hydrogen-bond acceptors (Lipinski definition) is 6. The fourth-order valence-corrected chi connectivity index (χ4v) is 5.07. The third-order valence-electron chi connectivity index (χ3n) is 6.94. The first-order valence-corrected chi connectivity index (χ1v) is 10.8. The fourth-order valence-electron chi connectivity index (χ4n) is 5.07. The van der Waals surface area contributed by atoms with Crippen LogP contribution in [0.15, 0.2) is 18.2 Å². The number of carbonyl (C=O) groups excluding carboxylic acids is 4. The number of nitrogens with zero attached hydrogens (tertiary/aromatic N) is 2. The molecule has 5 rings (SSSR count). The summed E-state index contributed by atoms with van der Waals surface area (Å²) < 4.78 is 0. The summed E-state index contributed by atoms with van der Waals surface area (Å²) in [6.07, 6.45) is 3.87. The van der Waals surface area contributed by atoms with Crippen LogP contribution in [0.5, 0.6) is 0 Å². The van der Waals surface area contributed by atoms with Crippen LogP contribution in [-0.4, -0.2) is 60.7 Å². The molecule has 4 amide bonds. The van der Waals surface area contributed by atoms with Crippen LogP contribution in [0.3, 0.4) is 0 Å². The van der Waals surface area contributed by atoms with Gasteiger partial charge < -0.3 is 10.2 Å². The molecular weight excluding hydrogens is 384 g/mol. The van der Waals surface area contributed by atoms with Gasteiger partial charge in [0, 0.05) is 25.2 Å². The third-order valence-corrected chi connectivity index (χ3v) is 6.94. The van der Waals surface area contributed by atoms with E-state index in [2.05, 4.69) is 15.5 Å². The summed E-state index contributed by atoms with van der Waals surface area (Å²) in [5, 5.41) is 5.56. The van der Waals surface area contributed by atoms with Crippen LogP contribution in [0.1, 0.15) is 52.8 Å². The number of fused-ring (bicyclic) bond motifs is 1. The van der Waals surface area contributed by atoms with Crippen molar-refractivity contribution in [2.24, 2.45) is 11.8 Å². The molecule has 4 aliphatic heterocycles. The van der Waals surface area contributed by atoms with Crippen molar-refractivity contribution in [3.05, 3.63) is 29.3 Å². The maximum Gasteiger partial charge on any atom is 0.262 e. The van der Waals surface area contributed by atoms with Crippen molar-refractivity contribution in [2.45, 2.75) is 38.1 Å². The second-order valence-corrected chi connectivity index (χ2v) is 8.87. The number of piperidine rings is 2. The van der Waals surface area contributed by atoms with Gasteiger partial charge in [0.2, 0.25) is 11.8 Å². The van der Waals surface area contributed by atoms with E-state index in [0.29, 0.717) is 11.1 Å². The van der Waals surface area contributed by atoms with Crippen LogP contribution in [0, 0.1) is 11.8 Å². The number of carbonyl (C=O) groups is 4. The number of rotatable bonds is 4. The van der Waals surface area contributed by atoms with Crippen molar-refractivity contribution in [3.63, 3.8) is 0 Å². The van der Waals surface area contributed by atoms with Crippen molar-refractivity contribution in [2.75, 3.05) is 31.1 Å². The lowest BCUT2D eigenvalue weighted by molar-refractivity contribution is -0.136. The summed E-state index contributed by atoms with van der Waals surface area (Å²) in [4.78, 5) is 52.7. The highest BCUT2D eigenvalue weighted by molar-refractivity contribution is 6.23. The molecule has 0 saturated carbocycles. The molecule has 1 aromatic rings. The molecule has 4 heterocycles. The number of nitrogens with one attached hydrogen (secondary N) is 2. The van der Waals surface area contributed by atoms with Gasteiger partial charge in [0.15, 0.2) is 0 Å². The Hall–Kier alpha value is -2.74. The molecule has 0 aliphatic carbocycles. The largest absolute Gasteiger partial charge is 0.371 e. The summed E-state index contributed by atoms with van der Waals surface area (Å²) in [7, 11) is 0. The molecule has 2 N–H and O–H groups in total. The Bertz CT molecular complexity index is 918. The van der Waals surface area contributed by atoms with E-state index < -0.39 is 23.8 Å². The van der Waals surface area contributed by atoms with E-state index in [4.69, 9.17) is 0 Å². The predicted octanol–water partition coefficient (Wildman–Crippen LogP) is 0.914. The summed E-state index contributed by atoms with van der Waals surface area (Å²) in [6, 6.07) is 4.46. The van der Waals surface area contributed by atoms with Crippen molar-refractivity contribution in [3.8, 4) is 0 Å². The minimum atomic E-state index is -0.921. The van der Waals surface area contributed by atoms with Gasteiger partial charge in [-0.15, -0.1) is 0 Å². The summed E-state index contributed by atoms with van der Waals surface area (Å²) in [5.74, 6) is -0.267. The first kappa shape index (κ1) is 19.2. The summed E-state index contributed by atoms with van der Waals surface area (Å²) in [5.41, 5.74) is 1.63. The zero-order valence-electron chi connectivity index (χ0n) is 16.9. The Kier molecular flexibility index (Phi) is 4.81.